The quantitative estimate of drug-likeness (QED) is 0.479. The maximum atomic E-state index is 11.0. The molecule has 2 N–H and O–H groups in total. The highest BCUT2D eigenvalue weighted by Crippen LogP contribution is 2.32. The van der Waals surface area contributed by atoms with Gasteiger partial charge in [-0.25, -0.2) is 0 Å². The molecule has 0 saturated carbocycles. The molecule has 1 heterocycles. The second-order valence-electron chi connectivity index (χ2n) is 7.90. The van der Waals surface area contributed by atoms with Crippen LogP contribution in [0.3, 0.4) is 0 Å². The molecule has 0 bridgehead atoms. The van der Waals surface area contributed by atoms with Gasteiger partial charge in [0.1, 0.15) is 11.4 Å². The zero-order chi connectivity index (χ0) is 19.5. The van der Waals surface area contributed by atoms with Gasteiger partial charge < -0.3 is 20.1 Å². The molecule has 1 aliphatic rings. The summed E-state index contributed by atoms with van der Waals surface area (Å²) in [6.07, 6.45) is 8.62. The van der Waals surface area contributed by atoms with Crippen LogP contribution in [0.5, 0.6) is 5.75 Å². The largest absolute Gasteiger partial charge is 0.493 e. The molecule has 2 rings (SSSR count). The number of likely N-dealkylation sites (tertiary alicyclic amines) is 1. The summed E-state index contributed by atoms with van der Waals surface area (Å²) in [5.41, 5.74) is -0.259. The molecule has 0 amide bonds. The first-order valence-electron chi connectivity index (χ1n) is 10.6. The lowest BCUT2D eigenvalue weighted by molar-refractivity contribution is 0.0532. The monoisotopic (exact) mass is 396 g/mol. The Morgan fingerprint density at radius 2 is 1.93 bits per heavy atom. The van der Waals surface area contributed by atoms with Gasteiger partial charge in [-0.15, -0.1) is 0 Å². The van der Waals surface area contributed by atoms with E-state index in [1.807, 2.05) is 25.1 Å². The number of hydrogen-bond acceptors (Lipinski definition) is 4. The highest BCUT2D eigenvalue weighted by molar-refractivity contribution is 6.30. The topological polar surface area (TPSA) is 44.7 Å². The predicted molar refractivity (Wildman–Crippen MR) is 114 cm³/mol. The van der Waals surface area contributed by atoms with Gasteiger partial charge in [-0.3, -0.25) is 0 Å². The number of nitrogens with zero attached hydrogens (tertiary/aromatic N) is 1. The molecule has 27 heavy (non-hydrogen) atoms. The molecule has 1 saturated heterocycles. The minimum absolute atomic E-state index is 0.480. The molecule has 1 aliphatic heterocycles. The number of hydrogen-bond donors (Lipinski definition) is 2. The minimum atomic E-state index is -1.02. The Hall–Kier alpha value is -0.810. The second kappa shape index (κ2) is 11.9. The van der Waals surface area contributed by atoms with Gasteiger partial charge in [-0.05, 0) is 57.5 Å². The van der Waals surface area contributed by atoms with Crippen molar-refractivity contribution in [3.05, 3.63) is 28.8 Å². The second-order valence-corrected chi connectivity index (χ2v) is 8.34. The van der Waals surface area contributed by atoms with Crippen molar-refractivity contribution in [2.45, 2.75) is 64.4 Å². The predicted octanol–water partition coefficient (Wildman–Crippen LogP) is 4.58. The van der Waals surface area contributed by atoms with Crippen LogP contribution >= 0.6 is 11.6 Å². The summed E-state index contributed by atoms with van der Waals surface area (Å²) in [5.74, 6) is 0.737. The maximum absolute atomic E-state index is 11.0. The van der Waals surface area contributed by atoms with Crippen LogP contribution < -0.4 is 10.1 Å². The van der Waals surface area contributed by atoms with Crippen molar-refractivity contribution < 1.29 is 9.84 Å². The van der Waals surface area contributed by atoms with E-state index in [2.05, 4.69) is 17.1 Å². The van der Waals surface area contributed by atoms with Crippen LogP contribution in [0.15, 0.2) is 18.2 Å². The van der Waals surface area contributed by atoms with Crippen molar-refractivity contribution in [1.29, 1.82) is 0 Å². The van der Waals surface area contributed by atoms with Gasteiger partial charge in [-0.1, -0.05) is 44.2 Å². The van der Waals surface area contributed by atoms with Crippen molar-refractivity contribution in [3.63, 3.8) is 0 Å². The van der Waals surface area contributed by atoms with Crippen molar-refractivity contribution in [2.75, 3.05) is 39.3 Å². The average molecular weight is 397 g/mol. The Morgan fingerprint density at radius 3 is 2.67 bits per heavy atom. The Bertz CT molecular complexity index is 545. The normalized spacial score (nSPS) is 17.2. The number of unbranched alkanes of at least 4 members (excludes halogenated alkanes) is 4. The highest BCUT2D eigenvalue weighted by Gasteiger charge is 2.27. The summed E-state index contributed by atoms with van der Waals surface area (Å²) in [5, 5.41) is 15.1. The molecule has 0 radical (unpaired) electrons. The number of halogens is 1. The van der Waals surface area contributed by atoms with Crippen LogP contribution in [-0.4, -0.2) is 49.3 Å². The third-order valence-electron chi connectivity index (χ3n) is 5.30. The average Bonchev–Trinajstić information content (AvgIpc) is 3.16. The zero-order valence-corrected chi connectivity index (χ0v) is 17.9. The molecular weight excluding hydrogens is 360 g/mol. The molecule has 154 valence electrons. The molecule has 1 fully saturated rings. The first-order chi connectivity index (χ1) is 13.0. The molecule has 5 heteroatoms. The summed E-state index contributed by atoms with van der Waals surface area (Å²) in [4.78, 5) is 2.47. The van der Waals surface area contributed by atoms with Gasteiger partial charge in [0, 0.05) is 30.2 Å². The van der Waals surface area contributed by atoms with E-state index in [9.17, 15) is 5.11 Å². The molecule has 1 aromatic carbocycles. The fourth-order valence-corrected chi connectivity index (χ4v) is 3.78. The van der Waals surface area contributed by atoms with Crippen molar-refractivity contribution in [3.8, 4) is 5.75 Å². The first-order valence-corrected chi connectivity index (χ1v) is 11.0. The smallest absolute Gasteiger partial charge is 0.125 e. The number of ether oxygens (including phenoxy) is 1. The minimum Gasteiger partial charge on any atom is -0.493 e. The number of benzene rings is 1. The van der Waals surface area contributed by atoms with Gasteiger partial charge in [0.15, 0.2) is 0 Å². The van der Waals surface area contributed by atoms with E-state index in [0.717, 1.165) is 30.8 Å². The van der Waals surface area contributed by atoms with Gasteiger partial charge in [0.05, 0.1) is 6.61 Å². The van der Waals surface area contributed by atoms with Crippen LogP contribution in [-0.2, 0) is 5.60 Å². The summed E-state index contributed by atoms with van der Waals surface area (Å²) >= 11 is 6.20. The Labute approximate surface area is 170 Å². The van der Waals surface area contributed by atoms with Crippen LogP contribution in [0.1, 0.15) is 64.4 Å². The van der Waals surface area contributed by atoms with E-state index in [-0.39, 0.29) is 0 Å². The lowest BCUT2D eigenvalue weighted by Crippen LogP contribution is -2.39. The van der Waals surface area contributed by atoms with Crippen molar-refractivity contribution >= 4 is 11.6 Å². The standard InChI is InChI=1S/C22H37ClN2O2/c1-3-4-5-6-9-16-27-21-11-10-19(23)17-20(21)22(2,26)18-24-12-15-25-13-7-8-14-25/h10-11,17,24,26H,3-9,12-16,18H2,1-2H3. The number of nitrogens with one attached hydrogen (secondary N) is 1. The van der Waals surface area contributed by atoms with Crippen LogP contribution in [0.4, 0.5) is 0 Å². The zero-order valence-electron chi connectivity index (χ0n) is 17.1. The molecular formula is C22H37ClN2O2. The summed E-state index contributed by atoms with van der Waals surface area (Å²) in [6.45, 7) is 9.51. The summed E-state index contributed by atoms with van der Waals surface area (Å²) < 4.78 is 5.99. The fourth-order valence-electron chi connectivity index (χ4n) is 3.61. The summed E-state index contributed by atoms with van der Waals surface area (Å²) in [7, 11) is 0. The van der Waals surface area contributed by atoms with E-state index in [0.29, 0.717) is 18.2 Å². The van der Waals surface area contributed by atoms with E-state index in [1.54, 1.807) is 0 Å². The first kappa shape index (κ1) is 22.5. The Morgan fingerprint density at radius 1 is 1.19 bits per heavy atom. The van der Waals surface area contributed by atoms with Crippen LogP contribution in [0.25, 0.3) is 0 Å². The molecule has 0 aromatic heterocycles. The fraction of sp³-hybridized carbons (Fsp3) is 0.727. The van der Waals surface area contributed by atoms with Gasteiger partial charge in [0.25, 0.3) is 0 Å². The summed E-state index contributed by atoms with van der Waals surface area (Å²) in [6, 6.07) is 5.53. The van der Waals surface area contributed by atoms with Crippen LogP contribution in [0.2, 0.25) is 5.02 Å². The third-order valence-corrected chi connectivity index (χ3v) is 5.54. The highest BCUT2D eigenvalue weighted by atomic mass is 35.5. The number of rotatable bonds is 13. The number of aliphatic hydroxyl groups is 1. The van der Waals surface area contributed by atoms with E-state index < -0.39 is 5.60 Å². The van der Waals surface area contributed by atoms with Crippen molar-refractivity contribution in [1.82, 2.24) is 10.2 Å². The lowest BCUT2D eigenvalue weighted by atomic mass is 9.95. The molecule has 1 aromatic rings. The van der Waals surface area contributed by atoms with E-state index in [4.69, 9.17) is 16.3 Å². The van der Waals surface area contributed by atoms with Crippen LogP contribution in [0, 0.1) is 0 Å². The maximum Gasteiger partial charge on any atom is 0.125 e. The molecule has 1 unspecified atom stereocenters. The molecule has 0 aliphatic carbocycles. The van der Waals surface area contributed by atoms with E-state index in [1.165, 1.54) is 51.6 Å². The van der Waals surface area contributed by atoms with E-state index >= 15 is 0 Å². The SMILES string of the molecule is CCCCCCCOc1ccc(Cl)cc1C(C)(O)CNCCN1CCCC1. The lowest BCUT2D eigenvalue weighted by Gasteiger charge is -2.27. The molecule has 1 atom stereocenters. The van der Waals surface area contributed by atoms with Crippen molar-refractivity contribution in [2.24, 2.45) is 0 Å². The molecule has 4 nitrogen and oxygen atoms in total. The third kappa shape index (κ3) is 7.98. The molecule has 0 spiro atoms. The van der Waals surface area contributed by atoms with Gasteiger partial charge in [0.2, 0.25) is 0 Å². The Balaban J connectivity index is 1.84. The Kier molecular flexibility index (Phi) is 9.91. The van der Waals surface area contributed by atoms with Gasteiger partial charge >= 0.3 is 0 Å². The van der Waals surface area contributed by atoms with Gasteiger partial charge in [-0.2, -0.15) is 0 Å².